The molecule has 0 bridgehead atoms. The van der Waals surface area contributed by atoms with E-state index in [1.807, 2.05) is 36.4 Å². The maximum atomic E-state index is 13.7. The van der Waals surface area contributed by atoms with Crippen molar-refractivity contribution in [3.05, 3.63) is 64.2 Å². The third-order valence-electron chi connectivity index (χ3n) is 7.97. The average molecular weight is 546 g/mol. The number of ether oxygens (including phenoxy) is 4. The van der Waals surface area contributed by atoms with Crippen LogP contribution < -0.4 is 24.7 Å². The number of methoxy groups -OCH3 is 1. The summed E-state index contributed by atoms with van der Waals surface area (Å²) in [6.45, 7) is 4.38. The highest BCUT2D eigenvalue weighted by Gasteiger charge is 2.34. The number of aromatic nitrogens is 5. The summed E-state index contributed by atoms with van der Waals surface area (Å²) in [5.41, 5.74) is 2.15. The van der Waals surface area contributed by atoms with Crippen LogP contribution in [-0.2, 0) is 11.3 Å². The van der Waals surface area contributed by atoms with Crippen molar-refractivity contribution >= 4 is 16.6 Å². The van der Waals surface area contributed by atoms with E-state index in [-0.39, 0.29) is 18.5 Å². The van der Waals surface area contributed by atoms with Crippen molar-refractivity contribution in [3.8, 4) is 17.2 Å². The number of piperazine rings is 1. The lowest BCUT2D eigenvalue weighted by Gasteiger charge is -2.40. The van der Waals surface area contributed by atoms with Crippen LogP contribution in [0.5, 0.6) is 17.2 Å². The van der Waals surface area contributed by atoms with Gasteiger partial charge in [0.25, 0.3) is 5.56 Å². The molecule has 208 valence electrons. The molecule has 3 aliphatic heterocycles. The van der Waals surface area contributed by atoms with Gasteiger partial charge >= 0.3 is 0 Å². The average Bonchev–Trinajstić information content (AvgIpc) is 3.76. The fourth-order valence-electron chi connectivity index (χ4n) is 5.95. The molecule has 7 rings (SSSR count). The van der Waals surface area contributed by atoms with Crippen LogP contribution in [0.3, 0.4) is 0 Å². The maximum Gasteiger partial charge on any atom is 0.253 e. The third-order valence-corrected chi connectivity index (χ3v) is 7.97. The fourth-order valence-corrected chi connectivity index (χ4v) is 5.95. The number of tetrazole rings is 1. The van der Waals surface area contributed by atoms with Crippen LogP contribution in [-0.4, -0.2) is 82.9 Å². The zero-order chi connectivity index (χ0) is 27.1. The van der Waals surface area contributed by atoms with Gasteiger partial charge in [-0.2, -0.15) is 0 Å². The predicted octanol–water partition coefficient (Wildman–Crippen LogP) is 2.34. The molecule has 2 saturated heterocycles. The van der Waals surface area contributed by atoms with E-state index in [1.165, 1.54) is 0 Å². The highest BCUT2D eigenvalue weighted by molar-refractivity contribution is 5.83. The lowest BCUT2D eigenvalue weighted by atomic mass is 10.0. The van der Waals surface area contributed by atoms with Gasteiger partial charge in [0, 0.05) is 49.8 Å². The normalized spacial score (nSPS) is 19.8. The Bertz CT molecular complexity index is 1570. The number of H-pyrrole nitrogens is 1. The summed E-state index contributed by atoms with van der Waals surface area (Å²) >= 11 is 0. The van der Waals surface area contributed by atoms with Gasteiger partial charge in [-0.1, -0.05) is 12.1 Å². The Hall–Kier alpha value is -4.16. The van der Waals surface area contributed by atoms with Gasteiger partial charge in [-0.25, -0.2) is 4.68 Å². The lowest BCUT2D eigenvalue weighted by molar-refractivity contribution is 0.0906. The van der Waals surface area contributed by atoms with E-state index in [0.29, 0.717) is 48.0 Å². The molecule has 2 atom stereocenters. The number of rotatable bonds is 7. The Kier molecular flexibility index (Phi) is 6.48. The molecular formula is C28H31N7O5. The van der Waals surface area contributed by atoms with Gasteiger partial charge in [-0.15, -0.1) is 5.10 Å². The number of nitrogens with zero attached hydrogens (tertiary/aromatic N) is 6. The van der Waals surface area contributed by atoms with Gasteiger partial charge in [-0.3, -0.25) is 9.69 Å². The van der Waals surface area contributed by atoms with E-state index in [1.54, 1.807) is 11.8 Å². The van der Waals surface area contributed by atoms with E-state index < -0.39 is 6.04 Å². The number of benzene rings is 2. The Morgan fingerprint density at radius 3 is 2.73 bits per heavy atom. The molecule has 2 aromatic heterocycles. The Morgan fingerprint density at radius 1 is 1.10 bits per heavy atom. The van der Waals surface area contributed by atoms with E-state index in [9.17, 15) is 4.79 Å². The summed E-state index contributed by atoms with van der Waals surface area (Å²) in [5, 5.41) is 13.7. The third kappa shape index (κ3) is 4.52. The quantitative estimate of drug-likeness (QED) is 0.371. The number of para-hydroxylation sites is 2. The molecule has 40 heavy (non-hydrogen) atoms. The second-order valence-corrected chi connectivity index (χ2v) is 10.3. The number of hydrogen-bond donors (Lipinski definition) is 1. The number of hydrogen-bond acceptors (Lipinski definition) is 10. The zero-order valence-electron chi connectivity index (χ0n) is 22.3. The number of anilines is 1. The van der Waals surface area contributed by atoms with Crippen LogP contribution >= 0.6 is 0 Å². The van der Waals surface area contributed by atoms with Crippen LogP contribution in [0, 0.1) is 0 Å². The molecule has 0 spiro atoms. The molecule has 0 saturated carbocycles. The van der Waals surface area contributed by atoms with Crippen molar-refractivity contribution < 1.29 is 18.9 Å². The summed E-state index contributed by atoms with van der Waals surface area (Å²) in [4.78, 5) is 21.3. The molecule has 0 radical (unpaired) electrons. The first-order valence-electron chi connectivity index (χ1n) is 13.6. The first kappa shape index (κ1) is 24.9. The van der Waals surface area contributed by atoms with Gasteiger partial charge < -0.3 is 28.8 Å². The largest absolute Gasteiger partial charge is 0.495 e. The Balaban J connectivity index is 1.26. The highest BCUT2D eigenvalue weighted by Crippen LogP contribution is 2.37. The van der Waals surface area contributed by atoms with Crippen LogP contribution in [0.15, 0.2) is 47.3 Å². The first-order valence-corrected chi connectivity index (χ1v) is 13.6. The highest BCUT2D eigenvalue weighted by atomic mass is 16.7. The van der Waals surface area contributed by atoms with Crippen molar-refractivity contribution in [2.75, 3.05) is 51.6 Å². The van der Waals surface area contributed by atoms with Crippen LogP contribution in [0.2, 0.25) is 0 Å². The second kappa shape index (κ2) is 10.4. The lowest BCUT2D eigenvalue weighted by Crippen LogP contribution is -2.49. The summed E-state index contributed by atoms with van der Waals surface area (Å²) in [7, 11) is 1.69. The monoisotopic (exact) mass is 545 g/mol. The fraction of sp³-hybridized carbons (Fsp3) is 0.429. The molecule has 1 N–H and O–H groups in total. The number of fused-ring (bicyclic) bond motifs is 2. The minimum atomic E-state index is -0.449. The zero-order valence-corrected chi connectivity index (χ0v) is 22.3. The second-order valence-electron chi connectivity index (χ2n) is 10.3. The van der Waals surface area contributed by atoms with Gasteiger partial charge in [-0.05, 0) is 47.5 Å². The molecule has 4 aromatic rings. The molecule has 5 heterocycles. The summed E-state index contributed by atoms with van der Waals surface area (Å²) in [6.07, 6.45) is 2.04. The molecule has 2 aromatic carbocycles. The molecule has 12 nitrogen and oxygen atoms in total. The van der Waals surface area contributed by atoms with E-state index in [0.717, 1.165) is 49.4 Å². The van der Waals surface area contributed by atoms with Crippen molar-refractivity contribution in [3.63, 3.8) is 0 Å². The topological polar surface area (TPSA) is 120 Å². The van der Waals surface area contributed by atoms with Crippen molar-refractivity contribution in [1.29, 1.82) is 0 Å². The van der Waals surface area contributed by atoms with E-state index >= 15 is 0 Å². The van der Waals surface area contributed by atoms with E-state index in [2.05, 4.69) is 36.4 Å². The smallest absolute Gasteiger partial charge is 0.253 e. The summed E-state index contributed by atoms with van der Waals surface area (Å²) in [6, 6.07) is 13.2. The van der Waals surface area contributed by atoms with Gasteiger partial charge in [0.15, 0.2) is 17.3 Å². The van der Waals surface area contributed by atoms with Crippen molar-refractivity contribution in [1.82, 2.24) is 30.1 Å². The maximum absolute atomic E-state index is 13.7. The minimum Gasteiger partial charge on any atom is -0.495 e. The molecule has 3 aliphatic rings. The number of pyridine rings is 1. The van der Waals surface area contributed by atoms with Crippen LogP contribution in [0.4, 0.5) is 5.69 Å². The van der Waals surface area contributed by atoms with Gasteiger partial charge in [0.05, 0.1) is 31.0 Å². The standard InChI is InChI=1S/C28H31N7O5/c1-37-23-7-3-2-6-22(23)33-8-10-34(11-9-33)26(27-30-31-32-35(27)16-19-5-4-12-38-19)20-13-18-14-24-25(40-17-39-24)15-21(18)29-28(20)36/h2-3,6-7,13-15,19,26H,4-5,8-12,16-17H2,1H3,(H,29,36)/t19-,26-/m1/s1. The van der Waals surface area contributed by atoms with Gasteiger partial charge in [0.1, 0.15) is 11.8 Å². The number of nitrogens with one attached hydrogen (secondary N) is 1. The van der Waals surface area contributed by atoms with E-state index in [4.69, 9.17) is 18.9 Å². The molecular weight excluding hydrogens is 514 g/mol. The van der Waals surface area contributed by atoms with Crippen molar-refractivity contribution in [2.24, 2.45) is 0 Å². The number of aromatic amines is 1. The Morgan fingerprint density at radius 2 is 1.93 bits per heavy atom. The van der Waals surface area contributed by atoms with Crippen LogP contribution in [0.25, 0.3) is 10.9 Å². The summed E-state index contributed by atoms with van der Waals surface area (Å²) < 4.78 is 24.4. The first-order chi connectivity index (χ1) is 19.7. The van der Waals surface area contributed by atoms with Gasteiger partial charge in [0.2, 0.25) is 6.79 Å². The molecule has 2 fully saturated rings. The van der Waals surface area contributed by atoms with Crippen LogP contribution in [0.1, 0.15) is 30.3 Å². The molecule has 0 unspecified atom stereocenters. The summed E-state index contributed by atoms with van der Waals surface area (Å²) in [5.74, 6) is 2.76. The molecule has 0 amide bonds. The minimum absolute atomic E-state index is 0.0555. The molecule has 0 aliphatic carbocycles. The predicted molar refractivity (Wildman–Crippen MR) is 146 cm³/mol. The Labute approximate surface area is 230 Å². The SMILES string of the molecule is COc1ccccc1N1CCN([C@H](c2cc3cc4c(cc3[nH]c2=O)OCO4)c2nnnn2C[C@H]2CCCO2)CC1. The molecule has 12 heteroatoms. The van der Waals surface area contributed by atoms with Crippen molar-refractivity contribution in [2.45, 2.75) is 31.5 Å².